The van der Waals surface area contributed by atoms with Gasteiger partial charge < -0.3 is 9.84 Å². The van der Waals surface area contributed by atoms with E-state index in [1.54, 1.807) is 12.3 Å². The average Bonchev–Trinajstić information content (AvgIpc) is 2.47. The molecule has 0 saturated carbocycles. The normalized spacial score (nSPS) is 10.2. The molecular weight excluding hydrogens is 276 g/mol. The first-order valence-corrected chi connectivity index (χ1v) is 6.97. The fourth-order valence-electron chi connectivity index (χ4n) is 1.44. The molecule has 6 heteroatoms. The van der Waals surface area contributed by atoms with E-state index in [0.717, 1.165) is 11.4 Å². The Morgan fingerprint density at radius 3 is 2.85 bits per heavy atom. The predicted octanol–water partition coefficient (Wildman–Crippen LogP) is 3.11. The zero-order valence-corrected chi connectivity index (χ0v) is 11.8. The van der Waals surface area contributed by atoms with Crippen molar-refractivity contribution in [2.75, 3.05) is 6.61 Å². The van der Waals surface area contributed by atoms with Crippen molar-refractivity contribution in [3.05, 3.63) is 42.2 Å². The molecule has 2 aromatic rings. The smallest absolute Gasteiger partial charge is 0.337 e. The van der Waals surface area contributed by atoms with Crippen molar-refractivity contribution in [1.29, 1.82) is 0 Å². The molecule has 20 heavy (non-hydrogen) atoms. The minimum Gasteiger partial charge on any atom is -0.491 e. The van der Waals surface area contributed by atoms with Gasteiger partial charge in [-0.2, -0.15) is 0 Å². The molecule has 0 aromatic carbocycles. The first-order valence-electron chi connectivity index (χ1n) is 6.15. The molecule has 0 saturated heterocycles. The molecule has 2 rings (SSSR count). The van der Waals surface area contributed by atoms with Gasteiger partial charge in [0.15, 0.2) is 5.75 Å². The van der Waals surface area contributed by atoms with Crippen LogP contribution >= 0.6 is 11.8 Å². The molecule has 2 aromatic heterocycles. The van der Waals surface area contributed by atoms with Crippen LogP contribution in [0.5, 0.6) is 5.75 Å². The Hall–Kier alpha value is -2.08. The van der Waals surface area contributed by atoms with Gasteiger partial charge in [0, 0.05) is 12.4 Å². The summed E-state index contributed by atoms with van der Waals surface area (Å²) in [6, 6.07) is 6.85. The standard InChI is InChI=1S/C14H14N2O3S/c1-2-8-19-11-4-3-7-15-13(11)20-12-6-5-10(9-16-12)14(17)18/h3-7,9H,2,8H2,1H3,(H,17,18). The van der Waals surface area contributed by atoms with Crippen LogP contribution < -0.4 is 4.74 Å². The van der Waals surface area contributed by atoms with Crippen molar-refractivity contribution < 1.29 is 14.6 Å². The van der Waals surface area contributed by atoms with Crippen LogP contribution in [0.25, 0.3) is 0 Å². The Balaban J connectivity index is 2.14. The maximum Gasteiger partial charge on any atom is 0.337 e. The number of nitrogens with zero attached hydrogens (tertiary/aromatic N) is 2. The lowest BCUT2D eigenvalue weighted by Crippen LogP contribution is -1.98. The minimum atomic E-state index is -0.987. The highest BCUT2D eigenvalue weighted by molar-refractivity contribution is 7.99. The molecular formula is C14H14N2O3S. The van der Waals surface area contributed by atoms with Gasteiger partial charge in [-0.15, -0.1) is 0 Å². The molecule has 0 aliphatic carbocycles. The van der Waals surface area contributed by atoms with E-state index >= 15 is 0 Å². The molecule has 0 bridgehead atoms. The third kappa shape index (κ3) is 3.71. The summed E-state index contributed by atoms with van der Waals surface area (Å²) in [7, 11) is 0. The zero-order valence-electron chi connectivity index (χ0n) is 10.9. The highest BCUT2D eigenvalue weighted by atomic mass is 32.2. The summed E-state index contributed by atoms with van der Waals surface area (Å²) < 4.78 is 5.62. The van der Waals surface area contributed by atoms with Crippen LogP contribution in [-0.2, 0) is 0 Å². The molecule has 0 radical (unpaired) electrons. The van der Waals surface area contributed by atoms with Crippen LogP contribution in [0.15, 0.2) is 46.7 Å². The van der Waals surface area contributed by atoms with Crippen molar-refractivity contribution in [2.45, 2.75) is 23.4 Å². The monoisotopic (exact) mass is 290 g/mol. The van der Waals surface area contributed by atoms with E-state index in [9.17, 15) is 4.79 Å². The van der Waals surface area contributed by atoms with Gasteiger partial charge >= 0.3 is 5.97 Å². The average molecular weight is 290 g/mol. The van der Waals surface area contributed by atoms with E-state index in [0.29, 0.717) is 17.4 Å². The van der Waals surface area contributed by atoms with Gasteiger partial charge in [0.05, 0.1) is 12.2 Å². The lowest BCUT2D eigenvalue weighted by atomic mass is 10.3. The second-order valence-corrected chi connectivity index (χ2v) is 4.96. The van der Waals surface area contributed by atoms with Gasteiger partial charge in [0.2, 0.25) is 0 Å². The molecule has 104 valence electrons. The number of carbonyl (C=O) groups is 1. The number of aromatic nitrogens is 2. The zero-order chi connectivity index (χ0) is 14.4. The molecule has 0 fully saturated rings. The Labute approximate surface area is 121 Å². The van der Waals surface area contributed by atoms with Gasteiger partial charge in [0.25, 0.3) is 0 Å². The van der Waals surface area contributed by atoms with E-state index in [1.165, 1.54) is 24.0 Å². The molecule has 5 nitrogen and oxygen atoms in total. The van der Waals surface area contributed by atoms with Crippen molar-refractivity contribution in [3.8, 4) is 5.75 Å². The van der Waals surface area contributed by atoms with E-state index in [2.05, 4.69) is 9.97 Å². The Bertz CT molecular complexity index is 587. The maximum absolute atomic E-state index is 10.8. The largest absolute Gasteiger partial charge is 0.491 e. The highest BCUT2D eigenvalue weighted by Gasteiger charge is 2.09. The van der Waals surface area contributed by atoms with Crippen LogP contribution in [0.3, 0.4) is 0 Å². The van der Waals surface area contributed by atoms with Crippen LogP contribution in [-0.4, -0.2) is 27.7 Å². The number of ether oxygens (including phenoxy) is 1. The molecule has 1 N–H and O–H groups in total. The predicted molar refractivity (Wildman–Crippen MR) is 75.3 cm³/mol. The lowest BCUT2D eigenvalue weighted by Gasteiger charge is -2.08. The van der Waals surface area contributed by atoms with Crippen LogP contribution in [0.1, 0.15) is 23.7 Å². The quantitative estimate of drug-likeness (QED) is 0.881. The number of hydrogen-bond donors (Lipinski definition) is 1. The van der Waals surface area contributed by atoms with Gasteiger partial charge in [-0.05, 0) is 42.4 Å². The van der Waals surface area contributed by atoms with Crippen LogP contribution in [0, 0.1) is 0 Å². The molecule has 0 aliphatic heterocycles. The number of pyridine rings is 2. The van der Waals surface area contributed by atoms with Gasteiger partial charge in [-0.3, -0.25) is 0 Å². The summed E-state index contributed by atoms with van der Waals surface area (Å²) >= 11 is 1.34. The third-order valence-electron chi connectivity index (χ3n) is 2.38. The van der Waals surface area contributed by atoms with Crippen molar-refractivity contribution in [2.24, 2.45) is 0 Å². The topological polar surface area (TPSA) is 72.3 Å². The summed E-state index contributed by atoms with van der Waals surface area (Å²) in [6.45, 7) is 2.67. The molecule has 0 unspecified atom stereocenters. The van der Waals surface area contributed by atoms with Gasteiger partial charge in [0.1, 0.15) is 10.1 Å². The van der Waals surface area contributed by atoms with Crippen molar-refractivity contribution in [3.63, 3.8) is 0 Å². The molecule has 0 spiro atoms. The molecule has 0 atom stereocenters. The number of carboxylic acids is 1. The molecule has 0 aliphatic rings. The minimum absolute atomic E-state index is 0.165. The van der Waals surface area contributed by atoms with E-state index < -0.39 is 5.97 Å². The second-order valence-electron chi connectivity index (χ2n) is 3.95. The van der Waals surface area contributed by atoms with Crippen LogP contribution in [0.4, 0.5) is 0 Å². The third-order valence-corrected chi connectivity index (χ3v) is 3.33. The molecule has 2 heterocycles. The Morgan fingerprint density at radius 1 is 1.35 bits per heavy atom. The number of rotatable bonds is 6. The van der Waals surface area contributed by atoms with Gasteiger partial charge in [-0.25, -0.2) is 14.8 Å². The van der Waals surface area contributed by atoms with Crippen molar-refractivity contribution >= 4 is 17.7 Å². The van der Waals surface area contributed by atoms with Gasteiger partial charge in [-0.1, -0.05) is 6.92 Å². The number of aromatic carboxylic acids is 1. The first kappa shape index (κ1) is 14.3. The maximum atomic E-state index is 10.8. The fraction of sp³-hybridized carbons (Fsp3) is 0.214. The Kier molecular flexibility index (Phi) is 4.95. The summed E-state index contributed by atoms with van der Waals surface area (Å²) in [6.07, 6.45) is 3.94. The summed E-state index contributed by atoms with van der Waals surface area (Å²) in [5.41, 5.74) is 0.165. The number of hydrogen-bond acceptors (Lipinski definition) is 5. The fourth-order valence-corrected chi connectivity index (χ4v) is 2.22. The second kappa shape index (κ2) is 6.91. The van der Waals surface area contributed by atoms with E-state index in [-0.39, 0.29) is 5.56 Å². The van der Waals surface area contributed by atoms with E-state index in [1.807, 2.05) is 19.1 Å². The van der Waals surface area contributed by atoms with E-state index in [4.69, 9.17) is 9.84 Å². The number of carboxylic acid groups (broad SMARTS) is 1. The highest BCUT2D eigenvalue weighted by Crippen LogP contribution is 2.31. The molecule has 0 amide bonds. The Morgan fingerprint density at radius 2 is 2.20 bits per heavy atom. The van der Waals surface area contributed by atoms with Crippen molar-refractivity contribution in [1.82, 2.24) is 9.97 Å². The summed E-state index contributed by atoms with van der Waals surface area (Å²) in [4.78, 5) is 19.1. The summed E-state index contributed by atoms with van der Waals surface area (Å²) in [5, 5.41) is 10.2. The SMILES string of the molecule is CCCOc1cccnc1Sc1ccc(C(=O)O)cn1. The first-order chi connectivity index (χ1) is 9.70. The van der Waals surface area contributed by atoms with Crippen LogP contribution in [0.2, 0.25) is 0 Å². The lowest BCUT2D eigenvalue weighted by molar-refractivity contribution is 0.0696. The summed E-state index contributed by atoms with van der Waals surface area (Å²) in [5.74, 6) is -0.276.